The van der Waals surface area contributed by atoms with E-state index in [4.69, 9.17) is 16.6 Å². The van der Waals surface area contributed by atoms with Crippen molar-refractivity contribution < 1.29 is 9.59 Å². The number of nitrogens with one attached hydrogen (secondary N) is 2. The maximum Gasteiger partial charge on any atom is 0.240 e. The number of amidine groups is 1. The molecule has 0 radical (unpaired) electrons. The molecule has 4 aliphatic carbocycles. The number of nitrogens with zero attached hydrogens (tertiary/aromatic N) is 1. The standard InChI is InChI=1S/C21H24ClN3O2S/c22-15-2-1-3-16(7-15)23-18(26)8-17-19(27)24-20(28-17)25-21-9-12-4-13(10-21)6-14(5-12)11-21/h1-3,7,12-14,17H,4-6,8-11H2,(H,23,26)(H,24,25,27). The largest absolute Gasteiger partial charge is 0.326 e. The topological polar surface area (TPSA) is 70.6 Å². The molecule has 6 rings (SSSR count). The molecule has 1 aliphatic heterocycles. The average molecular weight is 418 g/mol. The van der Waals surface area contributed by atoms with Gasteiger partial charge in [-0.2, -0.15) is 0 Å². The summed E-state index contributed by atoms with van der Waals surface area (Å²) in [5.41, 5.74) is 0.672. The van der Waals surface area contributed by atoms with Crippen molar-refractivity contribution in [3.8, 4) is 0 Å². The number of carbonyl (C=O) groups is 2. The maximum atomic E-state index is 12.4. The summed E-state index contributed by atoms with van der Waals surface area (Å²) in [6.07, 6.45) is 7.74. The zero-order chi connectivity index (χ0) is 19.3. The minimum Gasteiger partial charge on any atom is -0.326 e. The smallest absolute Gasteiger partial charge is 0.240 e. The van der Waals surface area contributed by atoms with Crippen molar-refractivity contribution in [2.24, 2.45) is 22.7 Å². The van der Waals surface area contributed by atoms with Gasteiger partial charge in [-0.15, -0.1) is 0 Å². The fourth-order valence-electron chi connectivity index (χ4n) is 5.96. The molecule has 4 saturated carbocycles. The van der Waals surface area contributed by atoms with Crippen LogP contribution in [0.15, 0.2) is 29.3 Å². The Kier molecular flexibility index (Phi) is 4.67. The van der Waals surface area contributed by atoms with Crippen LogP contribution in [-0.2, 0) is 9.59 Å². The van der Waals surface area contributed by atoms with Crippen LogP contribution in [0, 0.1) is 17.8 Å². The van der Waals surface area contributed by atoms with E-state index in [-0.39, 0.29) is 23.8 Å². The second-order valence-electron chi connectivity index (χ2n) is 8.92. The van der Waals surface area contributed by atoms with Crippen LogP contribution in [0.1, 0.15) is 44.9 Å². The van der Waals surface area contributed by atoms with Gasteiger partial charge in [-0.1, -0.05) is 29.4 Å². The van der Waals surface area contributed by atoms with Crippen LogP contribution in [0.4, 0.5) is 5.69 Å². The SMILES string of the molecule is O=C(CC1SC(=NC23CC4CC(CC(C4)C2)C3)NC1=O)Nc1cccc(Cl)c1. The molecular formula is C21H24ClN3O2S. The molecule has 1 aromatic carbocycles. The highest BCUT2D eigenvalue weighted by atomic mass is 35.5. The molecule has 0 spiro atoms. The van der Waals surface area contributed by atoms with E-state index < -0.39 is 5.25 Å². The molecule has 5 nitrogen and oxygen atoms in total. The van der Waals surface area contributed by atoms with Crippen molar-refractivity contribution in [3.05, 3.63) is 29.3 Å². The van der Waals surface area contributed by atoms with E-state index in [1.165, 1.54) is 50.3 Å². The summed E-state index contributed by atoms with van der Waals surface area (Å²) in [5.74, 6) is 2.15. The molecule has 1 aromatic rings. The Bertz CT molecular complexity index is 821. The number of amides is 2. The second-order valence-corrected chi connectivity index (χ2v) is 10.5. The lowest BCUT2D eigenvalue weighted by atomic mass is 9.53. The molecule has 2 amide bonds. The van der Waals surface area contributed by atoms with Gasteiger partial charge in [-0.3, -0.25) is 14.6 Å². The summed E-state index contributed by atoms with van der Waals surface area (Å²) in [7, 11) is 0. The molecule has 28 heavy (non-hydrogen) atoms. The quantitative estimate of drug-likeness (QED) is 0.770. The number of benzene rings is 1. The minimum absolute atomic E-state index is 0.0301. The molecule has 5 aliphatic rings. The van der Waals surface area contributed by atoms with Crippen molar-refractivity contribution in [1.82, 2.24) is 5.32 Å². The van der Waals surface area contributed by atoms with Gasteiger partial charge in [0.1, 0.15) is 5.25 Å². The molecular weight excluding hydrogens is 394 g/mol. The first-order valence-electron chi connectivity index (χ1n) is 10.1. The van der Waals surface area contributed by atoms with Crippen molar-refractivity contribution in [2.45, 2.75) is 55.7 Å². The lowest BCUT2D eigenvalue weighted by Crippen LogP contribution is -2.50. The number of rotatable bonds is 4. The Labute approximate surface area is 174 Å². The van der Waals surface area contributed by atoms with E-state index in [0.717, 1.165) is 17.8 Å². The number of anilines is 1. The molecule has 0 aromatic heterocycles. The third-order valence-electron chi connectivity index (χ3n) is 6.60. The number of carbonyl (C=O) groups excluding carboxylic acids is 2. The third kappa shape index (κ3) is 3.69. The molecule has 7 heteroatoms. The zero-order valence-electron chi connectivity index (χ0n) is 15.6. The first kappa shape index (κ1) is 18.5. The molecule has 1 heterocycles. The molecule has 1 saturated heterocycles. The Morgan fingerprint density at radius 2 is 1.89 bits per heavy atom. The van der Waals surface area contributed by atoms with Gasteiger partial charge in [0.15, 0.2) is 5.17 Å². The van der Waals surface area contributed by atoms with E-state index in [1.807, 2.05) is 0 Å². The minimum atomic E-state index is -0.424. The highest BCUT2D eigenvalue weighted by Gasteiger charge is 2.51. The van der Waals surface area contributed by atoms with E-state index in [0.29, 0.717) is 15.9 Å². The van der Waals surface area contributed by atoms with E-state index in [9.17, 15) is 9.59 Å². The molecule has 4 bridgehead atoms. The highest BCUT2D eigenvalue weighted by molar-refractivity contribution is 8.15. The predicted octanol–water partition coefficient (Wildman–Crippen LogP) is 4.23. The summed E-state index contributed by atoms with van der Waals surface area (Å²) < 4.78 is 0. The predicted molar refractivity (Wildman–Crippen MR) is 113 cm³/mol. The Balaban J connectivity index is 1.23. The van der Waals surface area contributed by atoms with Crippen molar-refractivity contribution in [1.29, 1.82) is 0 Å². The van der Waals surface area contributed by atoms with Crippen LogP contribution in [0.3, 0.4) is 0 Å². The number of halogens is 1. The van der Waals surface area contributed by atoms with E-state index in [1.54, 1.807) is 24.3 Å². The maximum absolute atomic E-state index is 12.4. The summed E-state index contributed by atoms with van der Waals surface area (Å²) in [4.78, 5) is 29.8. The highest BCUT2D eigenvalue weighted by Crippen LogP contribution is 2.57. The fraction of sp³-hybridized carbons (Fsp3) is 0.571. The molecule has 5 fully saturated rings. The fourth-order valence-corrected chi connectivity index (χ4v) is 7.22. The lowest BCUT2D eigenvalue weighted by molar-refractivity contribution is -0.122. The van der Waals surface area contributed by atoms with Crippen LogP contribution < -0.4 is 10.6 Å². The van der Waals surface area contributed by atoms with Crippen molar-refractivity contribution >= 4 is 46.0 Å². The van der Waals surface area contributed by atoms with Crippen molar-refractivity contribution in [3.63, 3.8) is 0 Å². The normalized spacial score (nSPS) is 37.3. The molecule has 1 atom stereocenters. The van der Waals surface area contributed by atoms with Gasteiger partial charge in [0.2, 0.25) is 11.8 Å². The molecule has 148 valence electrons. The average Bonchev–Trinajstić information content (AvgIpc) is 2.91. The number of hydrogen-bond donors (Lipinski definition) is 2. The summed E-state index contributed by atoms with van der Waals surface area (Å²) in [6, 6.07) is 7.02. The molecule has 1 unspecified atom stereocenters. The van der Waals surface area contributed by atoms with Gasteiger partial charge >= 0.3 is 0 Å². The Morgan fingerprint density at radius 3 is 2.54 bits per heavy atom. The Hall–Kier alpha value is -1.53. The second kappa shape index (κ2) is 7.06. The summed E-state index contributed by atoms with van der Waals surface area (Å²) in [5, 5.41) is 6.60. The van der Waals surface area contributed by atoms with Crippen LogP contribution in [0.5, 0.6) is 0 Å². The van der Waals surface area contributed by atoms with E-state index in [2.05, 4.69) is 10.6 Å². The Morgan fingerprint density at radius 1 is 1.21 bits per heavy atom. The molecule has 2 N–H and O–H groups in total. The van der Waals surface area contributed by atoms with E-state index >= 15 is 0 Å². The van der Waals surface area contributed by atoms with Gasteiger partial charge in [0, 0.05) is 17.1 Å². The number of hydrogen-bond acceptors (Lipinski definition) is 4. The lowest BCUT2D eigenvalue weighted by Gasteiger charge is -2.55. The van der Waals surface area contributed by atoms with Gasteiger partial charge in [0.25, 0.3) is 0 Å². The van der Waals surface area contributed by atoms with Crippen LogP contribution >= 0.6 is 23.4 Å². The van der Waals surface area contributed by atoms with Gasteiger partial charge in [-0.05, 0) is 74.5 Å². The van der Waals surface area contributed by atoms with Gasteiger partial charge in [-0.25, -0.2) is 0 Å². The van der Waals surface area contributed by atoms with Crippen LogP contribution in [-0.4, -0.2) is 27.8 Å². The van der Waals surface area contributed by atoms with Gasteiger partial charge in [0.05, 0.1) is 5.54 Å². The van der Waals surface area contributed by atoms with Crippen molar-refractivity contribution in [2.75, 3.05) is 5.32 Å². The number of aliphatic imine (C=N–C) groups is 1. The summed E-state index contributed by atoms with van der Waals surface area (Å²) in [6.45, 7) is 0. The first-order valence-corrected chi connectivity index (χ1v) is 11.3. The zero-order valence-corrected chi connectivity index (χ0v) is 17.2. The third-order valence-corrected chi connectivity index (χ3v) is 7.92. The van der Waals surface area contributed by atoms with Crippen LogP contribution in [0.2, 0.25) is 5.02 Å². The summed E-state index contributed by atoms with van der Waals surface area (Å²) >= 11 is 7.37. The monoisotopic (exact) mass is 417 g/mol. The number of thioether (sulfide) groups is 1. The van der Waals surface area contributed by atoms with Crippen LogP contribution in [0.25, 0.3) is 0 Å². The first-order chi connectivity index (χ1) is 13.5. The van der Waals surface area contributed by atoms with Gasteiger partial charge < -0.3 is 10.6 Å².